The van der Waals surface area contributed by atoms with Crippen LogP contribution in [0.15, 0.2) is 54.7 Å². The monoisotopic (exact) mass is 386 g/mol. The Hall–Kier alpha value is -2.89. The Kier molecular flexibility index (Phi) is 3.41. The lowest BCUT2D eigenvalue weighted by Crippen LogP contribution is -2.40. The van der Waals surface area contributed by atoms with E-state index in [0.717, 1.165) is 39.5 Å². The van der Waals surface area contributed by atoms with Crippen LogP contribution in [0.1, 0.15) is 42.5 Å². The Morgan fingerprint density at radius 1 is 0.931 bits per heavy atom. The molecule has 4 atom stereocenters. The molecule has 2 aromatic carbocycles. The fraction of sp³-hybridized carbons (Fsp3) is 0.292. The first-order chi connectivity index (χ1) is 14.1. The van der Waals surface area contributed by atoms with Crippen LogP contribution in [0.3, 0.4) is 0 Å². The maximum absolute atomic E-state index is 12.3. The second-order valence-corrected chi connectivity index (χ2v) is 8.49. The third-order valence-corrected chi connectivity index (χ3v) is 6.37. The van der Waals surface area contributed by atoms with Gasteiger partial charge in [-0.3, -0.25) is 0 Å². The summed E-state index contributed by atoms with van der Waals surface area (Å²) >= 11 is 0. The van der Waals surface area contributed by atoms with E-state index in [2.05, 4.69) is 46.5 Å². The Bertz CT molecular complexity index is 1250. The Balaban J connectivity index is 1.66. The van der Waals surface area contributed by atoms with Gasteiger partial charge in [0.1, 0.15) is 18.5 Å². The molecule has 0 bridgehead atoms. The lowest BCUT2D eigenvalue weighted by atomic mass is 9.73. The molecular weight excluding hydrogens is 364 g/mol. The van der Waals surface area contributed by atoms with Gasteiger partial charge in [-0.2, -0.15) is 0 Å². The number of fused-ring (bicyclic) bond motifs is 5. The smallest absolute Gasteiger partial charge is 0.163 e. The van der Waals surface area contributed by atoms with E-state index in [0.29, 0.717) is 0 Å². The molecule has 1 saturated heterocycles. The van der Waals surface area contributed by atoms with Gasteiger partial charge in [0, 0.05) is 33.7 Å². The number of rotatable bonds is 2. The number of aldehydes is 1. The molecule has 4 aromatic rings. The average molecular weight is 386 g/mol. The van der Waals surface area contributed by atoms with Gasteiger partial charge in [0.25, 0.3) is 0 Å². The van der Waals surface area contributed by atoms with E-state index >= 15 is 0 Å². The van der Waals surface area contributed by atoms with E-state index in [1.165, 1.54) is 5.39 Å². The van der Waals surface area contributed by atoms with Crippen molar-refractivity contribution in [2.45, 2.75) is 43.7 Å². The third-order valence-electron chi connectivity index (χ3n) is 6.37. The Morgan fingerprint density at radius 2 is 1.62 bits per heavy atom. The highest BCUT2D eigenvalue weighted by molar-refractivity contribution is 5.91. The summed E-state index contributed by atoms with van der Waals surface area (Å²) in [4.78, 5) is 19.3. The van der Waals surface area contributed by atoms with Crippen molar-refractivity contribution in [1.82, 2.24) is 9.97 Å². The molecule has 6 rings (SSSR count). The van der Waals surface area contributed by atoms with Crippen molar-refractivity contribution in [3.05, 3.63) is 71.5 Å². The number of ether oxygens (including phenoxy) is 2. The van der Waals surface area contributed by atoms with E-state index in [-0.39, 0.29) is 24.0 Å². The number of para-hydroxylation sites is 2. The molecule has 1 fully saturated rings. The van der Waals surface area contributed by atoms with Gasteiger partial charge in [0.15, 0.2) is 5.79 Å². The van der Waals surface area contributed by atoms with Gasteiger partial charge < -0.3 is 24.2 Å². The topological polar surface area (TPSA) is 67.1 Å². The SMILES string of the molecule is CC1(C)OC2C(C=O)c3c([nH]c4ccccc34)C(c3c[nH]c4ccccc34)C2O1. The van der Waals surface area contributed by atoms with Gasteiger partial charge in [0.05, 0.1) is 11.8 Å². The number of H-pyrrole nitrogens is 2. The number of hydrogen-bond donors (Lipinski definition) is 2. The number of hydrogen-bond acceptors (Lipinski definition) is 3. The summed E-state index contributed by atoms with van der Waals surface area (Å²) in [6, 6.07) is 16.5. The maximum atomic E-state index is 12.3. The number of aromatic nitrogens is 2. The zero-order valence-corrected chi connectivity index (χ0v) is 16.3. The fourth-order valence-corrected chi connectivity index (χ4v) is 5.30. The molecule has 0 amide bonds. The molecule has 1 aliphatic carbocycles. The maximum Gasteiger partial charge on any atom is 0.163 e. The van der Waals surface area contributed by atoms with Crippen LogP contribution < -0.4 is 0 Å². The summed E-state index contributed by atoms with van der Waals surface area (Å²) in [6.07, 6.45) is 2.51. The van der Waals surface area contributed by atoms with Crippen LogP contribution in [-0.4, -0.2) is 34.2 Å². The standard InChI is InChI=1S/C24H22N2O3/c1-24(2)28-22-16(12-27)19-14-8-4-6-10-18(14)26-21(19)20(23(22)29-24)15-11-25-17-9-5-3-7-13(15)17/h3-12,16,20,22-23,25-26H,1-2H3. The minimum Gasteiger partial charge on any atom is -0.361 e. The molecule has 1 aliphatic heterocycles. The first-order valence-corrected chi connectivity index (χ1v) is 10.0. The number of aromatic amines is 2. The molecule has 0 saturated carbocycles. The molecule has 3 heterocycles. The number of carbonyl (C=O) groups is 1. The molecule has 2 aromatic heterocycles. The van der Waals surface area contributed by atoms with Gasteiger partial charge in [-0.25, -0.2) is 0 Å². The first-order valence-electron chi connectivity index (χ1n) is 10.0. The predicted molar refractivity (Wildman–Crippen MR) is 111 cm³/mol. The Morgan fingerprint density at radius 3 is 2.41 bits per heavy atom. The quantitative estimate of drug-likeness (QED) is 0.495. The van der Waals surface area contributed by atoms with Gasteiger partial charge in [-0.1, -0.05) is 36.4 Å². The molecule has 0 spiro atoms. The summed E-state index contributed by atoms with van der Waals surface area (Å²) in [5, 5.41) is 2.25. The van der Waals surface area contributed by atoms with Crippen molar-refractivity contribution in [3.63, 3.8) is 0 Å². The van der Waals surface area contributed by atoms with E-state index in [9.17, 15) is 4.79 Å². The largest absolute Gasteiger partial charge is 0.361 e. The van der Waals surface area contributed by atoms with Crippen molar-refractivity contribution < 1.29 is 14.3 Å². The van der Waals surface area contributed by atoms with E-state index in [1.54, 1.807) is 0 Å². The summed E-state index contributed by atoms with van der Waals surface area (Å²) < 4.78 is 12.7. The second-order valence-electron chi connectivity index (χ2n) is 8.49. The van der Waals surface area contributed by atoms with Crippen molar-refractivity contribution in [2.24, 2.45) is 0 Å². The van der Waals surface area contributed by atoms with Gasteiger partial charge in [0.2, 0.25) is 0 Å². The molecule has 0 radical (unpaired) electrons. The summed E-state index contributed by atoms with van der Waals surface area (Å²) in [5.74, 6) is -1.16. The van der Waals surface area contributed by atoms with Crippen molar-refractivity contribution >= 4 is 28.1 Å². The molecule has 5 nitrogen and oxygen atoms in total. The van der Waals surface area contributed by atoms with Crippen LogP contribution in [-0.2, 0) is 14.3 Å². The predicted octanol–water partition coefficient (Wildman–Crippen LogP) is 4.60. The first kappa shape index (κ1) is 17.0. The highest BCUT2D eigenvalue weighted by Crippen LogP contribution is 2.52. The van der Waals surface area contributed by atoms with Crippen LogP contribution in [0.4, 0.5) is 0 Å². The zero-order valence-electron chi connectivity index (χ0n) is 16.3. The molecule has 4 unspecified atom stereocenters. The molecular formula is C24H22N2O3. The van der Waals surface area contributed by atoms with Gasteiger partial charge in [-0.05, 0) is 37.1 Å². The van der Waals surface area contributed by atoms with Crippen LogP contribution in [0, 0.1) is 0 Å². The van der Waals surface area contributed by atoms with Crippen molar-refractivity contribution in [2.75, 3.05) is 0 Å². The molecule has 29 heavy (non-hydrogen) atoms. The van der Waals surface area contributed by atoms with E-state index in [4.69, 9.17) is 9.47 Å². The lowest BCUT2D eigenvalue weighted by Gasteiger charge is -2.35. The minimum absolute atomic E-state index is 0.0588. The van der Waals surface area contributed by atoms with Crippen molar-refractivity contribution in [1.29, 1.82) is 0 Å². The highest BCUT2D eigenvalue weighted by Gasteiger charge is 2.54. The number of benzene rings is 2. The Labute approximate surface area is 168 Å². The van der Waals surface area contributed by atoms with Gasteiger partial charge in [-0.15, -0.1) is 0 Å². The van der Waals surface area contributed by atoms with Gasteiger partial charge >= 0.3 is 0 Å². The highest BCUT2D eigenvalue weighted by atomic mass is 16.8. The number of nitrogens with one attached hydrogen (secondary N) is 2. The van der Waals surface area contributed by atoms with Crippen LogP contribution in [0.25, 0.3) is 21.8 Å². The molecule has 2 aliphatic rings. The summed E-state index contributed by atoms with van der Waals surface area (Å²) in [5.41, 5.74) is 5.37. The minimum atomic E-state index is -0.736. The second kappa shape index (κ2) is 5.81. The normalized spacial score (nSPS) is 27.8. The lowest BCUT2D eigenvalue weighted by molar-refractivity contribution is -0.148. The summed E-state index contributed by atoms with van der Waals surface area (Å²) in [6.45, 7) is 3.85. The number of carbonyl (C=O) groups excluding carboxylic acids is 1. The van der Waals surface area contributed by atoms with E-state index in [1.807, 2.05) is 32.0 Å². The van der Waals surface area contributed by atoms with Crippen LogP contribution in [0.5, 0.6) is 0 Å². The average Bonchev–Trinajstić information content (AvgIpc) is 3.38. The van der Waals surface area contributed by atoms with Crippen LogP contribution >= 0.6 is 0 Å². The van der Waals surface area contributed by atoms with Crippen molar-refractivity contribution in [3.8, 4) is 0 Å². The molecule has 146 valence electrons. The van der Waals surface area contributed by atoms with E-state index < -0.39 is 5.79 Å². The molecule has 5 heteroatoms. The summed E-state index contributed by atoms with van der Waals surface area (Å²) in [7, 11) is 0. The third kappa shape index (κ3) is 2.32. The molecule has 2 N–H and O–H groups in total. The zero-order chi connectivity index (χ0) is 19.8. The van der Waals surface area contributed by atoms with Crippen LogP contribution in [0.2, 0.25) is 0 Å². The fourth-order valence-electron chi connectivity index (χ4n) is 5.30.